The van der Waals surface area contributed by atoms with E-state index in [0.29, 0.717) is 18.0 Å². The Morgan fingerprint density at radius 3 is 2.75 bits per heavy atom. The number of anilines is 1. The van der Waals surface area contributed by atoms with Gasteiger partial charge >= 0.3 is 0 Å². The summed E-state index contributed by atoms with van der Waals surface area (Å²) in [4.78, 5) is 16.2. The quantitative estimate of drug-likeness (QED) is 0.902. The fraction of sp³-hybridized carbons (Fsp3) is 0.467. The highest BCUT2D eigenvalue weighted by Gasteiger charge is 2.21. The fourth-order valence-electron chi connectivity index (χ4n) is 1.83. The number of hydrogen-bond donors (Lipinski definition) is 2. The van der Waals surface area contributed by atoms with E-state index in [0.717, 1.165) is 11.1 Å². The number of fused-ring (bicyclic) bond motifs is 1. The molecule has 1 aromatic carbocycles. The molecular formula is C15H21N3O2. The maximum atomic E-state index is 11.7. The highest BCUT2D eigenvalue weighted by Crippen LogP contribution is 2.27. The fourth-order valence-corrected chi connectivity index (χ4v) is 1.83. The van der Waals surface area contributed by atoms with Crippen LogP contribution in [-0.2, 0) is 10.2 Å². The number of nitrogens with zero attached hydrogens (tertiary/aromatic N) is 1. The molecule has 5 nitrogen and oxygen atoms in total. The lowest BCUT2D eigenvalue weighted by Crippen LogP contribution is -2.23. The molecule has 5 heteroatoms. The first-order chi connectivity index (χ1) is 9.25. The minimum atomic E-state index is -0.154. The lowest BCUT2D eigenvalue weighted by atomic mass is 9.97. The molecule has 108 valence electrons. The van der Waals surface area contributed by atoms with Gasteiger partial charge in [-0.25, -0.2) is 4.98 Å². The minimum absolute atomic E-state index is 0.0983. The molecule has 1 unspecified atom stereocenters. The van der Waals surface area contributed by atoms with Crippen LogP contribution in [0.4, 0.5) is 5.69 Å². The molecular weight excluding hydrogens is 254 g/mol. The molecule has 0 saturated carbocycles. The SMILES string of the molecule is CC(N)CC(=O)Nc1ccc2oc(C(C)(C)C)nc2c1. The van der Waals surface area contributed by atoms with Crippen molar-refractivity contribution in [1.82, 2.24) is 4.98 Å². The number of amides is 1. The highest BCUT2D eigenvalue weighted by atomic mass is 16.3. The van der Waals surface area contributed by atoms with Gasteiger partial charge in [0.2, 0.25) is 11.8 Å². The predicted molar refractivity (Wildman–Crippen MR) is 79.6 cm³/mol. The summed E-state index contributed by atoms with van der Waals surface area (Å²) in [6, 6.07) is 5.28. The second-order valence-electron chi connectivity index (χ2n) is 6.18. The minimum Gasteiger partial charge on any atom is -0.440 e. The molecule has 3 N–H and O–H groups in total. The third-order valence-corrected chi connectivity index (χ3v) is 2.82. The van der Waals surface area contributed by atoms with Gasteiger partial charge in [-0.15, -0.1) is 0 Å². The van der Waals surface area contributed by atoms with E-state index in [2.05, 4.69) is 10.3 Å². The summed E-state index contributed by atoms with van der Waals surface area (Å²) in [5, 5.41) is 2.81. The number of oxazole rings is 1. The predicted octanol–water partition coefficient (Wildman–Crippen LogP) is 2.80. The Hall–Kier alpha value is -1.88. The molecule has 1 heterocycles. The summed E-state index contributed by atoms with van der Waals surface area (Å²) in [5.41, 5.74) is 7.63. The van der Waals surface area contributed by atoms with Crippen molar-refractivity contribution < 1.29 is 9.21 Å². The van der Waals surface area contributed by atoms with E-state index in [4.69, 9.17) is 10.2 Å². The monoisotopic (exact) mass is 275 g/mol. The molecule has 0 aliphatic carbocycles. The number of nitrogens with two attached hydrogens (primary N) is 1. The number of carbonyl (C=O) groups excluding carboxylic acids is 1. The van der Waals surface area contributed by atoms with Gasteiger partial charge in [0, 0.05) is 23.6 Å². The van der Waals surface area contributed by atoms with E-state index in [9.17, 15) is 4.79 Å². The normalized spacial score (nSPS) is 13.4. The van der Waals surface area contributed by atoms with Crippen molar-refractivity contribution in [3.05, 3.63) is 24.1 Å². The summed E-state index contributed by atoms with van der Waals surface area (Å²) in [6.45, 7) is 7.94. The number of aromatic nitrogens is 1. The Kier molecular flexibility index (Phi) is 3.81. The van der Waals surface area contributed by atoms with Crippen molar-refractivity contribution in [1.29, 1.82) is 0 Å². The Bertz CT molecular complexity index is 624. The maximum Gasteiger partial charge on any atom is 0.225 e. The van der Waals surface area contributed by atoms with E-state index in [1.165, 1.54) is 0 Å². The Morgan fingerprint density at radius 2 is 2.15 bits per heavy atom. The zero-order valence-corrected chi connectivity index (χ0v) is 12.4. The van der Waals surface area contributed by atoms with E-state index < -0.39 is 0 Å². The second kappa shape index (κ2) is 5.25. The van der Waals surface area contributed by atoms with Crippen LogP contribution in [0.25, 0.3) is 11.1 Å². The molecule has 0 spiro atoms. The van der Waals surface area contributed by atoms with Gasteiger partial charge in [-0.1, -0.05) is 20.8 Å². The van der Waals surface area contributed by atoms with Crippen molar-refractivity contribution in [2.24, 2.45) is 5.73 Å². The molecule has 0 saturated heterocycles. The highest BCUT2D eigenvalue weighted by molar-refractivity contribution is 5.93. The standard InChI is InChI=1S/C15H21N3O2/c1-9(16)7-13(19)17-10-5-6-12-11(8-10)18-14(20-12)15(2,3)4/h5-6,8-9H,7,16H2,1-4H3,(H,17,19). The van der Waals surface area contributed by atoms with Crippen molar-refractivity contribution in [3.8, 4) is 0 Å². The van der Waals surface area contributed by atoms with Crippen LogP contribution in [0.2, 0.25) is 0 Å². The average molecular weight is 275 g/mol. The molecule has 0 aliphatic heterocycles. The maximum absolute atomic E-state index is 11.7. The summed E-state index contributed by atoms with van der Waals surface area (Å²) in [5.74, 6) is 0.588. The molecule has 0 bridgehead atoms. The van der Waals surface area contributed by atoms with Crippen LogP contribution in [0, 0.1) is 0 Å². The van der Waals surface area contributed by atoms with Crippen LogP contribution in [0.15, 0.2) is 22.6 Å². The molecule has 1 atom stereocenters. The van der Waals surface area contributed by atoms with Gasteiger partial charge in [-0.05, 0) is 25.1 Å². The third kappa shape index (κ3) is 3.36. The summed E-state index contributed by atoms with van der Waals surface area (Å²) in [6.07, 6.45) is 0.296. The molecule has 1 aromatic heterocycles. The average Bonchev–Trinajstić information content (AvgIpc) is 2.70. The van der Waals surface area contributed by atoms with Gasteiger partial charge in [0.25, 0.3) is 0 Å². The zero-order chi connectivity index (χ0) is 14.9. The van der Waals surface area contributed by atoms with E-state index in [1.54, 1.807) is 13.0 Å². The van der Waals surface area contributed by atoms with Crippen molar-refractivity contribution in [3.63, 3.8) is 0 Å². The number of benzene rings is 1. The first-order valence-electron chi connectivity index (χ1n) is 6.72. The van der Waals surface area contributed by atoms with Gasteiger partial charge < -0.3 is 15.5 Å². The van der Waals surface area contributed by atoms with Crippen LogP contribution in [-0.4, -0.2) is 16.9 Å². The van der Waals surface area contributed by atoms with E-state index in [1.807, 2.05) is 32.9 Å². The third-order valence-electron chi connectivity index (χ3n) is 2.82. The topological polar surface area (TPSA) is 81.2 Å². The van der Waals surface area contributed by atoms with E-state index >= 15 is 0 Å². The van der Waals surface area contributed by atoms with Crippen LogP contribution in [0.5, 0.6) is 0 Å². The van der Waals surface area contributed by atoms with Gasteiger partial charge in [-0.3, -0.25) is 4.79 Å². The smallest absolute Gasteiger partial charge is 0.225 e. The largest absolute Gasteiger partial charge is 0.440 e. The second-order valence-corrected chi connectivity index (χ2v) is 6.18. The molecule has 2 rings (SSSR count). The lowest BCUT2D eigenvalue weighted by Gasteiger charge is -2.11. The Balaban J connectivity index is 2.23. The summed E-state index contributed by atoms with van der Waals surface area (Å²) in [7, 11) is 0. The lowest BCUT2D eigenvalue weighted by molar-refractivity contribution is -0.116. The first-order valence-corrected chi connectivity index (χ1v) is 6.72. The summed E-state index contributed by atoms with van der Waals surface area (Å²) < 4.78 is 5.71. The van der Waals surface area contributed by atoms with Gasteiger partial charge in [0.05, 0.1) is 0 Å². The molecule has 1 amide bonds. The molecule has 0 aliphatic rings. The van der Waals surface area contributed by atoms with Crippen LogP contribution < -0.4 is 11.1 Å². The number of rotatable bonds is 3. The molecule has 2 aromatic rings. The first kappa shape index (κ1) is 14.5. The molecule has 0 radical (unpaired) electrons. The zero-order valence-electron chi connectivity index (χ0n) is 12.4. The van der Waals surface area contributed by atoms with Crippen LogP contribution in [0.3, 0.4) is 0 Å². The Morgan fingerprint density at radius 1 is 1.45 bits per heavy atom. The van der Waals surface area contributed by atoms with E-state index in [-0.39, 0.29) is 17.4 Å². The summed E-state index contributed by atoms with van der Waals surface area (Å²) >= 11 is 0. The van der Waals surface area contributed by atoms with Crippen molar-refractivity contribution in [2.45, 2.75) is 45.6 Å². The van der Waals surface area contributed by atoms with Crippen molar-refractivity contribution in [2.75, 3.05) is 5.32 Å². The van der Waals surface area contributed by atoms with Crippen molar-refractivity contribution >= 4 is 22.7 Å². The van der Waals surface area contributed by atoms with Gasteiger partial charge in [-0.2, -0.15) is 0 Å². The number of carbonyl (C=O) groups is 1. The van der Waals surface area contributed by atoms with Crippen LogP contribution in [0.1, 0.15) is 40.0 Å². The number of nitrogens with one attached hydrogen (secondary N) is 1. The molecule has 0 fully saturated rings. The van der Waals surface area contributed by atoms with Crippen LogP contribution >= 0.6 is 0 Å². The van der Waals surface area contributed by atoms with Gasteiger partial charge in [0.15, 0.2) is 5.58 Å². The number of hydrogen-bond acceptors (Lipinski definition) is 4. The Labute approximate surface area is 118 Å². The van der Waals surface area contributed by atoms with Gasteiger partial charge in [0.1, 0.15) is 5.52 Å². The molecule has 20 heavy (non-hydrogen) atoms.